The predicted molar refractivity (Wildman–Crippen MR) is 77.3 cm³/mol. The van der Waals surface area contributed by atoms with Crippen molar-refractivity contribution in [1.29, 1.82) is 0 Å². The van der Waals surface area contributed by atoms with Crippen LogP contribution >= 0.6 is 15.9 Å². The van der Waals surface area contributed by atoms with Gasteiger partial charge in [0.25, 0.3) is 0 Å². The van der Waals surface area contributed by atoms with E-state index in [1.54, 1.807) is 6.07 Å². The van der Waals surface area contributed by atoms with Crippen LogP contribution in [0.4, 0.5) is 10.5 Å². The number of carbonyl (C=O) groups is 2. The van der Waals surface area contributed by atoms with Crippen LogP contribution < -0.4 is 5.32 Å². The molecule has 0 saturated carbocycles. The number of carboxylic acids is 1. The summed E-state index contributed by atoms with van der Waals surface area (Å²) in [6, 6.07) is 6.90. The Hall–Kier alpha value is -1.56. The molecule has 19 heavy (non-hydrogen) atoms. The van der Waals surface area contributed by atoms with Crippen molar-refractivity contribution in [1.82, 2.24) is 4.90 Å². The van der Waals surface area contributed by atoms with Gasteiger partial charge in [-0.1, -0.05) is 12.1 Å². The lowest BCUT2D eigenvalue weighted by molar-refractivity contribution is -0.137. The molecule has 5 nitrogen and oxygen atoms in total. The minimum atomic E-state index is -0.917. The smallest absolute Gasteiger partial charge is 0.322 e. The van der Waals surface area contributed by atoms with Gasteiger partial charge < -0.3 is 15.3 Å². The fraction of sp³-hybridized carbons (Fsp3) is 0.385. The summed E-state index contributed by atoms with van der Waals surface area (Å²) >= 11 is 3.35. The summed E-state index contributed by atoms with van der Waals surface area (Å²) in [4.78, 5) is 24.2. The predicted octanol–water partition coefficient (Wildman–Crippen LogP) is 3.17. The molecule has 0 radical (unpaired) electrons. The van der Waals surface area contributed by atoms with Crippen LogP contribution in [-0.4, -0.2) is 34.6 Å². The normalized spacial score (nSPS) is 10.3. The maximum absolute atomic E-state index is 12.1. The van der Waals surface area contributed by atoms with Gasteiger partial charge in [-0.05, 0) is 41.9 Å². The molecular formula is C13H17BrN2O3. The maximum atomic E-state index is 12.1. The number of hydrogen-bond donors (Lipinski definition) is 2. The van der Waals surface area contributed by atoms with Gasteiger partial charge in [-0.3, -0.25) is 4.79 Å². The third-order valence-corrected chi connectivity index (χ3v) is 3.26. The second-order valence-electron chi connectivity index (χ2n) is 4.34. The number of anilines is 1. The molecule has 0 unspecified atom stereocenters. The number of halogens is 1. The van der Waals surface area contributed by atoms with Crippen LogP contribution in [0, 0.1) is 0 Å². The molecule has 1 rings (SSSR count). The van der Waals surface area contributed by atoms with Gasteiger partial charge in [0.2, 0.25) is 0 Å². The fourth-order valence-corrected chi connectivity index (χ4v) is 1.94. The molecule has 2 amide bonds. The molecular weight excluding hydrogens is 312 g/mol. The van der Waals surface area contributed by atoms with Gasteiger partial charge in [-0.25, -0.2) is 4.79 Å². The van der Waals surface area contributed by atoms with Crippen LogP contribution in [-0.2, 0) is 4.79 Å². The number of carboxylic acid groups (broad SMARTS) is 1. The third kappa shape index (κ3) is 4.90. The van der Waals surface area contributed by atoms with E-state index < -0.39 is 5.97 Å². The highest BCUT2D eigenvalue weighted by Crippen LogP contribution is 2.21. The Kier molecular flexibility index (Phi) is 5.82. The SMILES string of the molecule is CC(C)N(CCC(=O)O)C(=O)Nc1ccccc1Br. The van der Waals surface area contributed by atoms with Gasteiger partial charge in [-0.15, -0.1) is 0 Å². The molecule has 0 heterocycles. The number of carbonyl (C=O) groups excluding carboxylic acids is 1. The van der Waals surface area contributed by atoms with E-state index in [2.05, 4.69) is 21.2 Å². The largest absolute Gasteiger partial charge is 0.481 e. The van der Waals surface area contributed by atoms with Crippen molar-refractivity contribution in [3.05, 3.63) is 28.7 Å². The average molecular weight is 329 g/mol. The van der Waals surface area contributed by atoms with Crippen LogP contribution in [0.5, 0.6) is 0 Å². The zero-order valence-corrected chi connectivity index (χ0v) is 12.5. The second kappa shape index (κ2) is 7.13. The molecule has 1 aromatic carbocycles. The van der Waals surface area contributed by atoms with Gasteiger partial charge in [0.15, 0.2) is 0 Å². The Morgan fingerprint density at radius 2 is 2.00 bits per heavy atom. The van der Waals surface area contributed by atoms with E-state index in [4.69, 9.17) is 5.11 Å². The van der Waals surface area contributed by atoms with Gasteiger partial charge in [0.05, 0.1) is 12.1 Å². The maximum Gasteiger partial charge on any atom is 0.322 e. The van der Waals surface area contributed by atoms with Gasteiger partial charge in [0.1, 0.15) is 0 Å². The first-order valence-corrected chi connectivity index (χ1v) is 6.75. The number of rotatable bonds is 5. The van der Waals surface area contributed by atoms with Crippen molar-refractivity contribution in [2.75, 3.05) is 11.9 Å². The number of benzene rings is 1. The van der Waals surface area contributed by atoms with Crippen molar-refractivity contribution < 1.29 is 14.7 Å². The van der Waals surface area contributed by atoms with E-state index in [1.807, 2.05) is 32.0 Å². The van der Waals surface area contributed by atoms with Crippen LogP contribution in [0.2, 0.25) is 0 Å². The number of aliphatic carboxylic acids is 1. The summed E-state index contributed by atoms with van der Waals surface area (Å²) in [5, 5.41) is 11.5. The van der Waals surface area contributed by atoms with Gasteiger partial charge in [0, 0.05) is 17.1 Å². The van der Waals surface area contributed by atoms with Crippen LogP contribution in [0.15, 0.2) is 28.7 Å². The first-order valence-electron chi connectivity index (χ1n) is 5.95. The monoisotopic (exact) mass is 328 g/mol. The highest BCUT2D eigenvalue weighted by Gasteiger charge is 2.18. The molecule has 6 heteroatoms. The molecule has 0 aromatic heterocycles. The Morgan fingerprint density at radius 3 is 2.53 bits per heavy atom. The van der Waals surface area contributed by atoms with Crippen molar-refractivity contribution in [3.63, 3.8) is 0 Å². The summed E-state index contributed by atoms with van der Waals surface area (Å²) in [6.07, 6.45) is -0.0679. The van der Waals surface area contributed by atoms with Crippen LogP contribution in [0.3, 0.4) is 0 Å². The van der Waals surface area contributed by atoms with Crippen molar-refractivity contribution in [2.24, 2.45) is 0 Å². The molecule has 0 aliphatic heterocycles. The molecule has 2 N–H and O–H groups in total. The number of nitrogens with one attached hydrogen (secondary N) is 1. The first-order chi connectivity index (χ1) is 8.91. The third-order valence-electron chi connectivity index (χ3n) is 2.57. The summed E-state index contributed by atoms with van der Waals surface area (Å²) in [5.41, 5.74) is 0.661. The van der Waals surface area contributed by atoms with E-state index in [9.17, 15) is 9.59 Å². The first kappa shape index (κ1) is 15.5. The molecule has 0 atom stereocenters. The molecule has 0 saturated heterocycles. The average Bonchev–Trinajstić information content (AvgIpc) is 2.31. The Bertz CT molecular complexity index is 463. The summed E-state index contributed by atoms with van der Waals surface area (Å²) in [5.74, 6) is -0.917. The van der Waals surface area contributed by atoms with Crippen molar-refractivity contribution in [2.45, 2.75) is 26.3 Å². The quantitative estimate of drug-likeness (QED) is 0.872. The summed E-state index contributed by atoms with van der Waals surface area (Å²) < 4.78 is 0.783. The lowest BCUT2D eigenvalue weighted by atomic mass is 10.3. The topological polar surface area (TPSA) is 69.6 Å². The van der Waals surface area contributed by atoms with Crippen molar-refractivity contribution in [3.8, 4) is 0 Å². The van der Waals surface area contributed by atoms with E-state index in [0.717, 1.165) is 4.47 Å². The van der Waals surface area contributed by atoms with E-state index in [-0.39, 0.29) is 25.0 Å². The Balaban J connectivity index is 2.72. The molecule has 0 aliphatic rings. The lowest BCUT2D eigenvalue weighted by Crippen LogP contribution is -2.41. The second-order valence-corrected chi connectivity index (χ2v) is 5.20. The minimum absolute atomic E-state index is 0.0677. The number of amides is 2. The van der Waals surface area contributed by atoms with Crippen LogP contribution in [0.25, 0.3) is 0 Å². The molecule has 0 aliphatic carbocycles. The number of hydrogen-bond acceptors (Lipinski definition) is 2. The summed E-state index contributed by atoms with van der Waals surface area (Å²) in [7, 11) is 0. The number of para-hydroxylation sites is 1. The highest BCUT2D eigenvalue weighted by molar-refractivity contribution is 9.10. The van der Waals surface area contributed by atoms with E-state index >= 15 is 0 Å². The number of urea groups is 1. The highest BCUT2D eigenvalue weighted by atomic mass is 79.9. The molecule has 1 aromatic rings. The minimum Gasteiger partial charge on any atom is -0.481 e. The Labute approximate surface area is 120 Å². The number of nitrogens with zero attached hydrogens (tertiary/aromatic N) is 1. The molecule has 104 valence electrons. The summed E-state index contributed by atoms with van der Waals surface area (Å²) in [6.45, 7) is 3.88. The zero-order valence-electron chi connectivity index (χ0n) is 10.9. The zero-order chi connectivity index (χ0) is 14.4. The molecule has 0 fully saturated rings. The van der Waals surface area contributed by atoms with Gasteiger partial charge >= 0.3 is 12.0 Å². The lowest BCUT2D eigenvalue weighted by Gasteiger charge is -2.26. The molecule has 0 spiro atoms. The van der Waals surface area contributed by atoms with Gasteiger partial charge in [-0.2, -0.15) is 0 Å². The fourth-order valence-electron chi connectivity index (χ4n) is 1.56. The molecule has 0 bridgehead atoms. The van der Waals surface area contributed by atoms with E-state index in [1.165, 1.54) is 4.90 Å². The van der Waals surface area contributed by atoms with Crippen LogP contribution in [0.1, 0.15) is 20.3 Å². The van der Waals surface area contributed by atoms with Crippen molar-refractivity contribution >= 4 is 33.6 Å². The standard InChI is InChI=1S/C13H17BrN2O3/c1-9(2)16(8-7-12(17)18)13(19)15-11-6-4-3-5-10(11)14/h3-6,9H,7-8H2,1-2H3,(H,15,19)(H,17,18). The van der Waals surface area contributed by atoms with E-state index in [0.29, 0.717) is 5.69 Å². The Morgan fingerprint density at radius 1 is 1.37 bits per heavy atom.